The maximum atomic E-state index is 12.9. The molecule has 0 aliphatic carbocycles. The van der Waals surface area contributed by atoms with E-state index in [-0.39, 0.29) is 5.78 Å². The van der Waals surface area contributed by atoms with Gasteiger partial charge in [-0.05, 0) is 36.2 Å². The molecule has 0 aliphatic heterocycles. The van der Waals surface area contributed by atoms with Crippen molar-refractivity contribution < 1.29 is 9.18 Å². The number of ketones is 1. The summed E-state index contributed by atoms with van der Waals surface area (Å²) in [5.41, 5.74) is 1.52. The summed E-state index contributed by atoms with van der Waals surface area (Å²) in [7, 11) is 0. The van der Waals surface area contributed by atoms with Gasteiger partial charge in [0.25, 0.3) is 0 Å². The summed E-state index contributed by atoms with van der Waals surface area (Å²) in [5.74, 6) is -1.70. The van der Waals surface area contributed by atoms with Crippen molar-refractivity contribution in [2.75, 3.05) is 0 Å². The van der Waals surface area contributed by atoms with Gasteiger partial charge >= 0.3 is 0 Å². The summed E-state index contributed by atoms with van der Waals surface area (Å²) in [4.78, 5) is 12.5. The molecule has 0 spiro atoms. The molecule has 4 heteroatoms. The zero-order valence-electron chi connectivity index (χ0n) is 10.7. The Morgan fingerprint density at radius 2 is 1.90 bits per heavy atom. The number of carbonyl (C=O) groups excluding carboxylic acids is 1. The van der Waals surface area contributed by atoms with Crippen LogP contribution in [0.5, 0.6) is 0 Å². The smallest absolute Gasteiger partial charge is 0.184 e. The van der Waals surface area contributed by atoms with Crippen LogP contribution < -0.4 is 0 Å². The molecule has 0 heterocycles. The van der Waals surface area contributed by atoms with Gasteiger partial charge in [-0.1, -0.05) is 35.9 Å². The van der Waals surface area contributed by atoms with Crippen molar-refractivity contribution in [2.45, 2.75) is 12.8 Å². The number of carbonyl (C=O) groups is 1. The van der Waals surface area contributed by atoms with Gasteiger partial charge in [0.2, 0.25) is 0 Å². The number of hydrogen-bond donors (Lipinski definition) is 0. The normalized spacial score (nSPS) is 11.7. The van der Waals surface area contributed by atoms with Crippen LogP contribution in [0.4, 0.5) is 4.39 Å². The molecule has 1 unspecified atom stereocenters. The van der Waals surface area contributed by atoms with Crippen LogP contribution in [0, 0.1) is 24.1 Å². The predicted molar refractivity (Wildman–Crippen MR) is 75.3 cm³/mol. The number of rotatable bonds is 3. The maximum Gasteiger partial charge on any atom is 0.184 e. The summed E-state index contributed by atoms with van der Waals surface area (Å²) >= 11 is 5.99. The van der Waals surface area contributed by atoms with Crippen molar-refractivity contribution in [3.8, 4) is 6.07 Å². The van der Waals surface area contributed by atoms with Gasteiger partial charge < -0.3 is 0 Å². The van der Waals surface area contributed by atoms with Crippen molar-refractivity contribution in [3.63, 3.8) is 0 Å². The molecule has 100 valence electrons. The molecule has 2 aromatic carbocycles. The average Bonchev–Trinajstić information content (AvgIpc) is 2.44. The summed E-state index contributed by atoms with van der Waals surface area (Å²) in [6.45, 7) is 1.73. The van der Waals surface area contributed by atoms with Crippen molar-refractivity contribution >= 4 is 17.4 Å². The van der Waals surface area contributed by atoms with E-state index in [1.54, 1.807) is 25.1 Å². The maximum absolute atomic E-state index is 12.9. The third-order valence-electron chi connectivity index (χ3n) is 3.13. The van der Waals surface area contributed by atoms with E-state index in [1.807, 2.05) is 6.07 Å². The lowest BCUT2D eigenvalue weighted by Gasteiger charge is -2.11. The van der Waals surface area contributed by atoms with Crippen LogP contribution >= 0.6 is 11.6 Å². The number of nitriles is 1. The lowest BCUT2D eigenvalue weighted by Crippen LogP contribution is -2.12. The fourth-order valence-corrected chi connectivity index (χ4v) is 2.14. The van der Waals surface area contributed by atoms with E-state index in [9.17, 15) is 14.4 Å². The van der Waals surface area contributed by atoms with Crippen molar-refractivity contribution in [2.24, 2.45) is 0 Å². The lowest BCUT2D eigenvalue weighted by atomic mass is 9.90. The molecule has 0 radical (unpaired) electrons. The molecule has 0 amide bonds. The number of hydrogen-bond acceptors (Lipinski definition) is 2. The minimum absolute atomic E-state index is 0.334. The largest absolute Gasteiger partial charge is 0.292 e. The molecule has 2 nitrogen and oxygen atoms in total. The van der Waals surface area contributed by atoms with E-state index in [4.69, 9.17) is 11.6 Å². The standard InChI is InChI=1S/C16H11ClFNO/c1-10-13(3-2-4-15(10)17)16(20)14(9-19)11-5-7-12(18)8-6-11/h2-8,14H,1H3. The zero-order chi connectivity index (χ0) is 14.7. The monoisotopic (exact) mass is 287 g/mol. The molecule has 20 heavy (non-hydrogen) atoms. The van der Waals surface area contributed by atoms with E-state index in [1.165, 1.54) is 24.3 Å². The third-order valence-corrected chi connectivity index (χ3v) is 3.54. The second-order valence-electron chi connectivity index (χ2n) is 4.39. The third kappa shape index (κ3) is 2.71. The van der Waals surface area contributed by atoms with Crippen molar-refractivity contribution in [3.05, 3.63) is 70.0 Å². The average molecular weight is 288 g/mol. The van der Waals surface area contributed by atoms with Crippen molar-refractivity contribution in [1.82, 2.24) is 0 Å². The molecular weight excluding hydrogens is 277 g/mol. The van der Waals surface area contributed by atoms with Gasteiger partial charge in [-0.2, -0.15) is 5.26 Å². The molecule has 0 N–H and O–H groups in total. The van der Waals surface area contributed by atoms with Gasteiger partial charge in [0.1, 0.15) is 11.7 Å². The number of Topliss-reactive ketones (excluding diaryl/α,β-unsaturated/α-hetero) is 1. The molecule has 0 bridgehead atoms. The Hall–Kier alpha value is -2.18. The fraction of sp³-hybridized carbons (Fsp3) is 0.125. The highest BCUT2D eigenvalue weighted by molar-refractivity contribution is 6.32. The first-order chi connectivity index (χ1) is 9.54. The quantitative estimate of drug-likeness (QED) is 0.791. The first-order valence-electron chi connectivity index (χ1n) is 5.99. The minimum atomic E-state index is -0.965. The van der Waals surface area contributed by atoms with Crippen LogP contribution in [0.1, 0.15) is 27.4 Å². The first kappa shape index (κ1) is 14.2. The molecule has 1 atom stereocenters. The van der Waals surface area contributed by atoms with E-state index in [2.05, 4.69) is 0 Å². The number of benzene rings is 2. The second kappa shape index (κ2) is 5.85. The molecular formula is C16H11ClFNO. The molecule has 2 rings (SSSR count). The highest BCUT2D eigenvalue weighted by atomic mass is 35.5. The topological polar surface area (TPSA) is 40.9 Å². The van der Waals surface area contributed by atoms with Gasteiger partial charge in [-0.15, -0.1) is 0 Å². The van der Waals surface area contributed by atoms with Gasteiger partial charge in [-0.25, -0.2) is 4.39 Å². The molecule has 0 saturated carbocycles. The SMILES string of the molecule is Cc1c(Cl)cccc1C(=O)C(C#N)c1ccc(F)cc1. The Bertz CT molecular complexity index is 689. The van der Waals surface area contributed by atoms with Crippen LogP contribution in [0.3, 0.4) is 0 Å². The Labute approximate surface area is 121 Å². The van der Waals surface area contributed by atoms with Crippen LogP contribution in [0.25, 0.3) is 0 Å². The number of nitrogens with zero attached hydrogens (tertiary/aromatic N) is 1. The van der Waals surface area contributed by atoms with Crippen molar-refractivity contribution in [1.29, 1.82) is 5.26 Å². The zero-order valence-corrected chi connectivity index (χ0v) is 11.5. The first-order valence-corrected chi connectivity index (χ1v) is 6.37. The van der Waals surface area contributed by atoms with Gasteiger partial charge in [0.15, 0.2) is 5.78 Å². The van der Waals surface area contributed by atoms with E-state index >= 15 is 0 Å². The summed E-state index contributed by atoms with van der Waals surface area (Å²) in [6, 6.07) is 12.3. The Balaban J connectivity index is 2.42. The Morgan fingerprint density at radius 3 is 2.50 bits per heavy atom. The minimum Gasteiger partial charge on any atom is -0.292 e. The molecule has 0 fully saturated rings. The predicted octanol–water partition coefficient (Wildman–Crippen LogP) is 4.28. The molecule has 2 aromatic rings. The summed E-state index contributed by atoms with van der Waals surface area (Å²) < 4.78 is 12.9. The van der Waals surface area contributed by atoms with Gasteiger partial charge in [0.05, 0.1) is 6.07 Å². The summed E-state index contributed by atoms with van der Waals surface area (Å²) in [5, 5.41) is 9.72. The van der Waals surface area contributed by atoms with Gasteiger partial charge in [0, 0.05) is 10.6 Å². The molecule has 0 aliphatic rings. The fourth-order valence-electron chi connectivity index (χ4n) is 1.97. The van der Waals surface area contributed by atoms with Crippen LogP contribution in [-0.4, -0.2) is 5.78 Å². The highest BCUT2D eigenvalue weighted by Gasteiger charge is 2.23. The molecule has 0 saturated heterocycles. The van der Waals surface area contributed by atoms with E-state index < -0.39 is 11.7 Å². The summed E-state index contributed by atoms with van der Waals surface area (Å²) in [6.07, 6.45) is 0. The Morgan fingerprint density at radius 1 is 1.25 bits per heavy atom. The van der Waals surface area contributed by atoms with Crippen LogP contribution in [0.15, 0.2) is 42.5 Å². The van der Waals surface area contributed by atoms with E-state index in [0.717, 1.165) is 0 Å². The van der Waals surface area contributed by atoms with Crippen LogP contribution in [0.2, 0.25) is 5.02 Å². The lowest BCUT2D eigenvalue weighted by molar-refractivity contribution is 0.0978. The highest BCUT2D eigenvalue weighted by Crippen LogP contribution is 2.25. The van der Waals surface area contributed by atoms with E-state index in [0.29, 0.717) is 21.7 Å². The second-order valence-corrected chi connectivity index (χ2v) is 4.80. The number of halogens is 2. The Kier molecular flexibility index (Phi) is 4.16. The van der Waals surface area contributed by atoms with Gasteiger partial charge in [-0.3, -0.25) is 4.79 Å². The molecule has 0 aromatic heterocycles. The van der Waals surface area contributed by atoms with Crippen LogP contribution in [-0.2, 0) is 0 Å².